The number of nitrogens with zero attached hydrogens (tertiary/aromatic N) is 1. The van der Waals surface area contributed by atoms with Gasteiger partial charge in [0, 0.05) is 18.2 Å². The summed E-state index contributed by atoms with van der Waals surface area (Å²) in [4.78, 5) is 30.3. The highest BCUT2D eigenvalue weighted by molar-refractivity contribution is 6.37. The molecule has 1 aliphatic rings. The van der Waals surface area contributed by atoms with Crippen molar-refractivity contribution in [2.45, 2.75) is 54.8 Å². The number of phenolic OH excluding ortho intramolecular Hbond substituents is 1. The second kappa shape index (κ2) is 13.6. The lowest BCUT2D eigenvalue weighted by molar-refractivity contribution is -0.343. The first-order valence-electron chi connectivity index (χ1n) is 15.2. The van der Waals surface area contributed by atoms with Gasteiger partial charge in [-0.15, -0.1) is 0 Å². The molecule has 1 aliphatic heterocycles. The molecule has 0 unspecified atom stereocenters. The van der Waals surface area contributed by atoms with Crippen molar-refractivity contribution in [3.8, 4) is 5.75 Å². The normalized spacial score (nSPS) is 14.0. The Bertz CT molecular complexity index is 1940. The van der Waals surface area contributed by atoms with E-state index in [1.54, 1.807) is 46.8 Å². The van der Waals surface area contributed by atoms with Crippen LogP contribution in [0.1, 0.15) is 69.0 Å². The maximum atomic E-state index is 15.1. The zero-order valence-corrected chi connectivity index (χ0v) is 27.2. The summed E-state index contributed by atoms with van der Waals surface area (Å²) >= 11 is 0. The molecule has 7 nitrogen and oxygen atoms in total. The molecular weight excluding hydrogens is 601 g/mol. The maximum Gasteiger partial charge on any atom is 0.934 e. The van der Waals surface area contributed by atoms with Gasteiger partial charge < -0.3 is 19.6 Å². The van der Waals surface area contributed by atoms with Gasteiger partial charge in [0.25, 0.3) is 0 Å². The first kappa shape index (κ1) is 33.1. The summed E-state index contributed by atoms with van der Waals surface area (Å²) < 4.78 is 42.3. The molecular formula is C37H36BF2N2O5+. The van der Waals surface area contributed by atoms with Crippen molar-refractivity contribution in [1.82, 2.24) is 4.98 Å². The number of aromatic amines is 1. The van der Waals surface area contributed by atoms with Crippen molar-refractivity contribution < 1.29 is 37.3 Å². The molecule has 4 aromatic rings. The van der Waals surface area contributed by atoms with Crippen molar-refractivity contribution in [1.29, 1.82) is 0 Å². The van der Waals surface area contributed by atoms with Gasteiger partial charge in [-0.05, 0) is 80.1 Å². The number of ether oxygens (including phenoxy) is 2. The molecule has 0 spiro atoms. The zero-order chi connectivity index (χ0) is 34.0. The fourth-order valence-electron chi connectivity index (χ4n) is 6.30. The number of aromatic hydroxyl groups is 1. The van der Waals surface area contributed by atoms with E-state index in [4.69, 9.17) is 9.47 Å². The second-order valence-corrected chi connectivity index (χ2v) is 11.7. The number of aromatic nitrogens is 1. The molecule has 47 heavy (non-hydrogen) atoms. The Labute approximate surface area is 273 Å². The molecule has 0 bridgehead atoms. The number of carbonyl (C=O) groups is 2. The Hall–Kier alpha value is -5.25. The van der Waals surface area contributed by atoms with Gasteiger partial charge in [0.2, 0.25) is 0 Å². The number of esters is 2. The number of allylic oxidation sites excluding steroid dienone is 1. The highest BCUT2D eigenvalue weighted by Crippen LogP contribution is 2.42. The molecule has 0 amide bonds. The quantitative estimate of drug-likeness (QED) is 0.146. The molecule has 0 radical (unpaired) electrons. The summed E-state index contributed by atoms with van der Waals surface area (Å²) in [5.74, 6) is -1.27. The lowest BCUT2D eigenvalue weighted by atomic mass is 9.87. The van der Waals surface area contributed by atoms with Crippen LogP contribution < -0.4 is 0 Å². The lowest BCUT2D eigenvalue weighted by Crippen LogP contribution is -2.27. The third kappa shape index (κ3) is 6.54. The minimum absolute atomic E-state index is 0.0231. The number of aryl methyl sites for hydroxylation is 3. The molecule has 3 aromatic carbocycles. The number of phenols is 1. The van der Waals surface area contributed by atoms with Crippen LogP contribution in [0.25, 0.3) is 5.57 Å². The minimum atomic E-state index is -3.02. The van der Waals surface area contributed by atoms with E-state index < -0.39 is 19.3 Å². The van der Waals surface area contributed by atoms with E-state index in [0.717, 1.165) is 15.6 Å². The van der Waals surface area contributed by atoms with Crippen LogP contribution >= 0.6 is 0 Å². The fourth-order valence-corrected chi connectivity index (χ4v) is 6.30. The lowest BCUT2D eigenvalue weighted by Gasteiger charge is -2.17. The van der Waals surface area contributed by atoms with E-state index in [-0.39, 0.29) is 41.5 Å². The standard InChI is InChI=1S/C37H35BF2N2O5/c1-21-17-29(43)18-22(2)30(21)33(34-23(3)31(25(5)41-34)36(44)46-19-27-13-9-7-10-14-27)35-24(4)32(26(6)42(35)38(39)40)37(45)47-20-28-15-11-8-12-16-28/h7-18H,19-20H2,1-6H3,(H,41,43,44)/p+1. The van der Waals surface area contributed by atoms with Gasteiger partial charge in [-0.3, -0.25) is 0 Å². The average Bonchev–Trinajstić information content (AvgIpc) is 3.47. The van der Waals surface area contributed by atoms with E-state index in [2.05, 4.69) is 4.98 Å². The molecule has 5 rings (SSSR count). The number of H-pyrrole nitrogens is 1. The van der Waals surface area contributed by atoms with E-state index in [1.165, 1.54) is 6.92 Å². The molecule has 1 aromatic heterocycles. The number of nitrogens with one attached hydrogen (secondary N) is 1. The van der Waals surface area contributed by atoms with Crippen LogP contribution in [0.5, 0.6) is 5.75 Å². The van der Waals surface area contributed by atoms with Crippen LogP contribution in [-0.2, 0) is 27.5 Å². The molecule has 0 aliphatic carbocycles. The van der Waals surface area contributed by atoms with Crippen LogP contribution in [0.15, 0.2) is 89.6 Å². The smallest absolute Gasteiger partial charge is 0.508 e. The largest absolute Gasteiger partial charge is 0.934 e. The average molecular weight is 638 g/mol. The van der Waals surface area contributed by atoms with Crippen molar-refractivity contribution in [2.24, 2.45) is 0 Å². The van der Waals surface area contributed by atoms with E-state index >= 15 is 8.63 Å². The second-order valence-electron chi connectivity index (χ2n) is 11.7. The molecule has 10 heteroatoms. The topological polar surface area (TPSA) is 91.6 Å². The van der Waals surface area contributed by atoms with Gasteiger partial charge in [0.15, 0.2) is 11.4 Å². The van der Waals surface area contributed by atoms with Gasteiger partial charge in [0.05, 0.1) is 16.8 Å². The first-order chi connectivity index (χ1) is 22.4. The van der Waals surface area contributed by atoms with Crippen LogP contribution in [0.3, 0.4) is 0 Å². The van der Waals surface area contributed by atoms with Crippen molar-refractivity contribution >= 4 is 30.6 Å². The fraction of sp³-hybridized carbons (Fsp3) is 0.216. The monoisotopic (exact) mass is 637 g/mol. The third-order valence-corrected chi connectivity index (χ3v) is 8.41. The number of hydrogen-bond donors (Lipinski definition) is 2. The summed E-state index contributed by atoms with van der Waals surface area (Å²) in [7, 11) is -3.02. The summed E-state index contributed by atoms with van der Waals surface area (Å²) in [6.45, 7) is 10.1. The van der Waals surface area contributed by atoms with E-state index in [0.29, 0.717) is 44.8 Å². The third-order valence-electron chi connectivity index (χ3n) is 8.41. The highest BCUT2D eigenvalue weighted by atomic mass is 19.2. The van der Waals surface area contributed by atoms with Crippen LogP contribution in [0, 0.1) is 27.7 Å². The maximum absolute atomic E-state index is 15.1. The minimum Gasteiger partial charge on any atom is -0.508 e. The number of rotatable bonds is 9. The Balaban J connectivity index is 1.71. The van der Waals surface area contributed by atoms with Gasteiger partial charge >= 0.3 is 19.3 Å². The highest BCUT2D eigenvalue weighted by Gasteiger charge is 2.49. The molecule has 240 valence electrons. The number of hydrogen-bond acceptors (Lipinski definition) is 5. The van der Waals surface area contributed by atoms with Gasteiger partial charge in [0.1, 0.15) is 24.5 Å². The Morgan fingerprint density at radius 3 is 1.81 bits per heavy atom. The van der Waals surface area contributed by atoms with Crippen molar-refractivity contribution in [3.63, 3.8) is 0 Å². The summed E-state index contributed by atoms with van der Waals surface area (Å²) in [5.41, 5.74) is 5.89. The van der Waals surface area contributed by atoms with Crippen molar-refractivity contribution in [2.75, 3.05) is 0 Å². The Kier molecular flexibility index (Phi) is 9.60. The van der Waals surface area contributed by atoms with Crippen LogP contribution in [0.4, 0.5) is 8.63 Å². The van der Waals surface area contributed by atoms with Gasteiger partial charge in [-0.2, -0.15) is 0 Å². The molecule has 0 saturated carbocycles. The molecule has 2 heterocycles. The Morgan fingerprint density at radius 1 is 0.787 bits per heavy atom. The summed E-state index contributed by atoms with van der Waals surface area (Å²) in [6.07, 6.45) is 0. The van der Waals surface area contributed by atoms with Gasteiger partial charge in [-0.25, -0.2) is 22.7 Å². The number of benzene rings is 3. The van der Waals surface area contributed by atoms with Crippen LogP contribution in [-0.4, -0.2) is 39.6 Å². The van der Waals surface area contributed by atoms with Crippen molar-refractivity contribution in [3.05, 3.63) is 140 Å². The zero-order valence-electron chi connectivity index (χ0n) is 27.2. The van der Waals surface area contributed by atoms with Crippen LogP contribution in [0.2, 0.25) is 0 Å². The number of carbonyl (C=O) groups excluding carboxylic acids is 2. The van der Waals surface area contributed by atoms with E-state index in [9.17, 15) is 14.7 Å². The van der Waals surface area contributed by atoms with E-state index in [1.807, 2.05) is 60.7 Å². The SMILES string of the molecule is CC1=C(C(=O)OCc2ccccc2)C(C)=[N+](B(F)F)/C1=C(\c1[nH]c(C)c(C(=O)OCc2ccccc2)c1C)c1c(C)cc(O)cc1C. The number of halogens is 2. The molecule has 0 saturated heterocycles. The Morgan fingerprint density at radius 2 is 1.30 bits per heavy atom. The summed E-state index contributed by atoms with van der Waals surface area (Å²) in [5, 5.41) is 10.4. The van der Waals surface area contributed by atoms with Gasteiger partial charge in [-0.1, -0.05) is 60.7 Å². The first-order valence-corrected chi connectivity index (χ1v) is 15.2. The predicted molar refractivity (Wildman–Crippen MR) is 177 cm³/mol. The predicted octanol–water partition coefficient (Wildman–Crippen LogP) is 7.54. The molecule has 2 N–H and O–H groups in total. The summed E-state index contributed by atoms with van der Waals surface area (Å²) in [6, 6.07) is 21.5. The molecule has 0 atom stereocenters. The molecule has 0 fully saturated rings.